The molecule has 0 fully saturated rings. The molecule has 0 aromatic carbocycles. The monoisotopic (exact) mass is 185 g/mol. The molecule has 0 saturated carbocycles. The van der Waals surface area contributed by atoms with Gasteiger partial charge in [0.05, 0.1) is 0 Å². The number of rotatable bonds is 0. The summed E-state index contributed by atoms with van der Waals surface area (Å²) in [4.78, 5) is 10.7. The van der Waals surface area contributed by atoms with Crippen molar-refractivity contribution in [2.75, 3.05) is 5.75 Å². The Morgan fingerprint density at radius 2 is 1.64 bits per heavy atom. The second-order valence-electron chi connectivity index (χ2n) is 1.55. The zero-order valence-electron chi connectivity index (χ0n) is 5.75. The summed E-state index contributed by atoms with van der Waals surface area (Å²) >= 11 is 0. The summed E-state index contributed by atoms with van der Waals surface area (Å²) < 4.78 is 0. The summed E-state index contributed by atoms with van der Waals surface area (Å²) in [6, 6.07) is 0. The largest absolute Gasteiger partial charge is 0.225 e. The topological polar surface area (TPSA) is 38.7 Å². The van der Waals surface area contributed by atoms with Crippen molar-refractivity contribution in [1.29, 1.82) is 0 Å². The van der Waals surface area contributed by atoms with Crippen LogP contribution in [0.1, 0.15) is 0 Å². The van der Waals surface area contributed by atoms with Crippen LogP contribution in [0.3, 0.4) is 0 Å². The fourth-order valence-corrected chi connectivity index (χ4v) is 1.97. The maximum atomic E-state index is 3.56. The molecule has 0 saturated heterocycles. The van der Waals surface area contributed by atoms with Crippen LogP contribution in [-0.4, -0.2) is 20.7 Å². The van der Waals surface area contributed by atoms with E-state index in [1.165, 1.54) is 24.7 Å². The van der Waals surface area contributed by atoms with Crippen molar-refractivity contribution in [2.45, 2.75) is 0 Å². The third-order valence-electron chi connectivity index (χ3n) is 0.784. The van der Waals surface area contributed by atoms with Gasteiger partial charge in [-0.15, -0.1) is 0 Å². The van der Waals surface area contributed by atoms with E-state index in [4.69, 9.17) is 0 Å². The van der Waals surface area contributed by atoms with Crippen LogP contribution < -0.4 is 0 Å². The maximum Gasteiger partial charge on any atom is 0.119 e. The van der Waals surface area contributed by atoms with Crippen LogP contribution in [0.25, 0.3) is 0 Å². The first-order chi connectivity index (χ1) is 5.50. The molecule has 5 heteroatoms. The van der Waals surface area contributed by atoms with Gasteiger partial charge in [0, 0.05) is 5.75 Å². The SMILES string of the molecule is C1=CSSC1.c1ncncn1. The lowest BCUT2D eigenvalue weighted by molar-refractivity contribution is 1.05. The average Bonchev–Trinajstić information content (AvgIpc) is 2.64. The first kappa shape index (κ1) is 8.55. The third kappa shape index (κ3) is 4.80. The molecule has 0 unspecified atom stereocenters. The van der Waals surface area contributed by atoms with E-state index in [1.54, 1.807) is 0 Å². The molecule has 0 aliphatic carbocycles. The van der Waals surface area contributed by atoms with Gasteiger partial charge >= 0.3 is 0 Å². The zero-order valence-corrected chi connectivity index (χ0v) is 7.38. The Morgan fingerprint density at radius 3 is 1.82 bits per heavy atom. The van der Waals surface area contributed by atoms with Crippen LogP contribution >= 0.6 is 21.6 Å². The van der Waals surface area contributed by atoms with Gasteiger partial charge in [0.25, 0.3) is 0 Å². The fourth-order valence-electron chi connectivity index (χ4n) is 0.401. The predicted octanol–water partition coefficient (Wildman–Crippen LogP) is 1.77. The van der Waals surface area contributed by atoms with Crippen molar-refractivity contribution >= 4 is 21.6 Å². The van der Waals surface area contributed by atoms with E-state index in [9.17, 15) is 0 Å². The minimum atomic E-state index is 1.20. The first-order valence-corrected chi connectivity index (χ1v) is 5.36. The molecule has 1 aliphatic rings. The Kier molecular flexibility index (Phi) is 4.80. The van der Waals surface area contributed by atoms with Gasteiger partial charge in [0.1, 0.15) is 19.0 Å². The highest BCUT2D eigenvalue weighted by Gasteiger charge is 1.85. The number of aromatic nitrogens is 3. The standard InChI is InChI=1S/C3H3N3.C3H4S2/c1-4-2-6-3-5-1;1-2-4-5-3-1/h1-3H;1-2H,3H2. The smallest absolute Gasteiger partial charge is 0.119 e. The molecular formula is C6H7N3S2. The molecule has 0 atom stereocenters. The minimum absolute atomic E-state index is 1.20. The summed E-state index contributed by atoms with van der Waals surface area (Å²) in [6.45, 7) is 0. The molecule has 11 heavy (non-hydrogen) atoms. The van der Waals surface area contributed by atoms with E-state index in [0.717, 1.165) is 0 Å². The normalized spacial score (nSPS) is 13.8. The Labute approximate surface area is 73.1 Å². The van der Waals surface area contributed by atoms with E-state index < -0.39 is 0 Å². The highest BCUT2D eigenvalue weighted by Crippen LogP contribution is 2.27. The summed E-state index contributed by atoms with van der Waals surface area (Å²) in [5, 5.41) is 2.12. The van der Waals surface area contributed by atoms with Gasteiger partial charge in [0.15, 0.2) is 0 Å². The van der Waals surface area contributed by atoms with Crippen LogP contribution in [0.5, 0.6) is 0 Å². The van der Waals surface area contributed by atoms with Crippen molar-refractivity contribution in [3.8, 4) is 0 Å². The molecule has 3 nitrogen and oxygen atoms in total. The van der Waals surface area contributed by atoms with Crippen LogP contribution in [0.4, 0.5) is 0 Å². The van der Waals surface area contributed by atoms with Crippen LogP contribution in [0.15, 0.2) is 30.5 Å². The highest BCUT2D eigenvalue weighted by atomic mass is 33.1. The second-order valence-corrected chi connectivity index (χ2v) is 3.86. The van der Waals surface area contributed by atoms with Crippen molar-refractivity contribution in [3.05, 3.63) is 30.5 Å². The van der Waals surface area contributed by atoms with E-state index in [0.29, 0.717) is 0 Å². The van der Waals surface area contributed by atoms with E-state index in [1.807, 2.05) is 21.6 Å². The Hall–Kier alpha value is -0.550. The molecule has 0 radical (unpaired) electrons. The highest BCUT2D eigenvalue weighted by molar-refractivity contribution is 8.78. The van der Waals surface area contributed by atoms with Crippen molar-refractivity contribution < 1.29 is 0 Å². The molecule has 0 bridgehead atoms. The molecule has 1 aromatic heterocycles. The molecular weight excluding hydrogens is 178 g/mol. The lowest BCUT2D eigenvalue weighted by Crippen LogP contribution is -1.73. The Bertz CT molecular complexity index is 170. The molecule has 58 valence electrons. The van der Waals surface area contributed by atoms with Gasteiger partial charge in [-0.3, -0.25) is 0 Å². The fraction of sp³-hybridized carbons (Fsp3) is 0.167. The summed E-state index contributed by atoms with van der Waals surface area (Å²) in [5.74, 6) is 1.20. The first-order valence-electron chi connectivity index (χ1n) is 2.98. The Balaban J connectivity index is 0.000000112. The van der Waals surface area contributed by atoms with Gasteiger partial charge in [0.2, 0.25) is 0 Å². The van der Waals surface area contributed by atoms with Crippen molar-refractivity contribution in [3.63, 3.8) is 0 Å². The quantitative estimate of drug-likeness (QED) is 0.576. The number of nitrogens with zero attached hydrogens (tertiary/aromatic N) is 3. The number of hydrogen-bond acceptors (Lipinski definition) is 5. The molecule has 2 heterocycles. The number of hydrogen-bond donors (Lipinski definition) is 0. The van der Waals surface area contributed by atoms with Crippen molar-refractivity contribution in [2.24, 2.45) is 0 Å². The lowest BCUT2D eigenvalue weighted by Gasteiger charge is -1.69. The molecule has 0 N–H and O–H groups in total. The van der Waals surface area contributed by atoms with Gasteiger partial charge in [-0.2, -0.15) is 0 Å². The second kappa shape index (κ2) is 6.18. The van der Waals surface area contributed by atoms with E-state index in [2.05, 4.69) is 26.4 Å². The third-order valence-corrected chi connectivity index (χ3v) is 2.70. The summed E-state index contributed by atoms with van der Waals surface area (Å²) in [5.41, 5.74) is 0. The average molecular weight is 185 g/mol. The van der Waals surface area contributed by atoms with Gasteiger partial charge in [-0.1, -0.05) is 27.7 Å². The lowest BCUT2D eigenvalue weighted by atomic mass is 10.8. The molecule has 0 spiro atoms. The van der Waals surface area contributed by atoms with Crippen LogP contribution in [0, 0.1) is 0 Å². The maximum absolute atomic E-state index is 3.56. The van der Waals surface area contributed by atoms with Gasteiger partial charge in [-0.05, 0) is 5.41 Å². The molecule has 2 rings (SSSR count). The minimum Gasteiger partial charge on any atom is -0.225 e. The molecule has 1 aliphatic heterocycles. The van der Waals surface area contributed by atoms with Gasteiger partial charge in [-0.25, -0.2) is 15.0 Å². The predicted molar refractivity (Wildman–Crippen MR) is 49.0 cm³/mol. The Morgan fingerprint density at radius 1 is 1.00 bits per heavy atom. The molecule has 1 aromatic rings. The van der Waals surface area contributed by atoms with Crippen LogP contribution in [-0.2, 0) is 0 Å². The molecule has 0 amide bonds. The van der Waals surface area contributed by atoms with E-state index in [-0.39, 0.29) is 0 Å². The van der Waals surface area contributed by atoms with Crippen LogP contribution in [0.2, 0.25) is 0 Å². The zero-order chi connectivity index (χ0) is 7.78. The van der Waals surface area contributed by atoms with Crippen molar-refractivity contribution in [1.82, 2.24) is 15.0 Å². The summed E-state index contributed by atoms with van der Waals surface area (Å²) in [7, 11) is 3.69. The van der Waals surface area contributed by atoms with Gasteiger partial charge < -0.3 is 0 Å². The van der Waals surface area contributed by atoms with E-state index >= 15 is 0 Å². The summed E-state index contributed by atoms with van der Waals surface area (Å²) in [6.07, 6.45) is 6.47.